The normalized spacial score (nSPS) is 10.3. The lowest BCUT2D eigenvalue weighted by Gasteiger charge is -2.23. The highest BCUT2D eigenvalue weighted by Crippen LogP contribution is 2.24. The fourth-order valence-corrected chi connectivity index (χ4v) is 2.55. The molecule has 0 atom stereocenters. The first-order chi connectivity index (χ1) is 10.9. The van der Waals surface area contributed by atoms with Crippen molar-refractivity contribution in [2.75, 3.05) is 16.8 Å². The molecular formula is C17H16BrClN2O2. The second kappa shape index (κ2) is 7.62. The number of aryl methyl sites for hydroxylation is 1. The van der Waals surface area contributed by atoms with Gasteiger partial charge in [0.15, 0.2) is 0 Å². The molecule has 23 heavy (non-hydrogen) atoms. The van der Waals surface area contributed by atoms with Crippen LogP contribution in [-0.2, 0) is 9.59 Å². The van der Waals surface area contributed by atoms with Crippen LogP contribution in [0.3, 0.4) is 0 Å². The maximum absolute atomic E-state index is 12.2. The molecule has 0 aromatic heterocycles. The Bertz CT molecular complexity index is 732. The summed E-state index contributed by atoms with van der Waals surface area (Å²) in [6.45, 7) is 3.22. The number of nitrogens with zero attached hydrogens (tertiary/aromatic N) is 1. The number of amides is 2. The van der Waals surface area contributed by atoms with E-state index in [0.717, 1.165) is 10.0 Å². The Balaban J connectivity index is 2.16. The zero-order chi connectivity index (χ0) is 17.0. The van der Waals surface area contributed by atoms with E-state index in [4.69, 9.17) is 11.6 Å². The third-order valence-electron chi connectivity index (χ3n) is 3.27. The van der Waals surface area contributed by atoms with E-state index < -0.39 is 0 Å². The van der Waals surface area contributed by atoms with Crippen LogP contribution >= 0.6 is 27.5 Å². The third-order valence-corrected chi connectivity index (χ3v) is 4.04. The molecule has 0 fully saturated rings. The smallest absolute Gasteiger partial charge is 0.244 e. The van der Waals surface area contributed by atoms with Crippen molar-refractivity contribution in [3.63, 3.8) is 0 Å². The molecule has 2 aromatic rings. The maximum Gasteiger partial charge on any atom is 0.244 e. The van der Waals surface area contributed by atoms with E-state index in [1.54, 1.807) is 24.3 Å². The molecule has 0 aliphatic carbocycles. The number of hydrogen-bond acceptors (Lipinski definition) is 2. The van der Waals surface area contributed by atoms with Crippen molar-refractivity contribution in [1.82, 2.24) is 0 Å². The molecule has 0 aliphatic rings. The molecule has 0 saturated heterocycles. The number of carbonyl (C=O) groups is 2. The monoisotopic (exact) mass is 394 g/mol. The highest BCUT2D eigenvalue weighted by molar-refractivity contribution is 9.10. The van der Waals surface area contributed by atoms with E-state index in [2.05, 4.69) is 21.2 Å². The number of carbonyl (C=O) groups excluding carboxylic acids is 2. The zero-order valence-electron chi connectivity index (χ0n) is 12.8. The fraction of sp³-hybridized carbons (Fsp3) is 0.176. The van der Waals surface area contributed by atoms with Gasteiger partial charge in [0.25, 0.3) is 0 Å². The van der Waals surface area contributed by atoms with Crippen molar-refractivity contribution in [1.29, 1.82) is 0 Å². The highest BCUT2D eigenvalue weighted by Gasteiger charge is 2.18. The lowest BCUT2D eigenvalue weighted by molar-refractivity contribution is -0.120. The molecule has 0 spiro atoms. The van der Waals surface area contributed by atoms with E-state index >= 15 is 0 Å². The van der Waals surface area contributed by atoms with Crippen molar-refractivity contribution in [2.24, 2.45) is 0 Å². The van der Waals surface area contributed by atoms with Gasteiger partial charge in [-0.15, -0.1) is 0 Å². The van der Waals surface area contributed by atoms with Crippen LogP contribution in [0.5, 0.6) is 0 Å². The molecule has 0 bridgehead atoms. The van der Waals surface area contributed by atoms with Crippen molar-refractivity contribution >= 4 is 50.7 Å². The van der Waals surface area contributed by atoms with Crippen molar-refractivity contribution in [3.05, 3.63) is 57.5 Å². The maximum atomic E-state index is 12.2. The lowest BCUT2D eigenvalue weighted by atomic mass is 10.1. The Hall–Kier alpha value is -1.85. The van der Waals surface area contributed by atoms with Gasteiger partial charge >= 0.3 is 0 Å². The minimum Gasteiger partial charge on any atom is -0.325 e. The predicted octanol–water partition coefficient (Wildman–Crippen LogP) is 4.40. The predicted molar refractivity (Wildman–Crippen MR) is 97.0 cm³/mol. The molecule has 0 aliphatic heterocycles. The van der Waals surface area contributed by atoms with Crippen molar-refractivity contribution < 1.29 is 9.59 Å². The standard InChI is InChI=1S/C17H16BrClN2O2/c1-11-3-6-14(19)9-16(11)21(12(2)22)10-17(23)20-15-7-4-13(18)5-8-15/h3-9H,10H2,1-2H3,(H,20,23). The van der Waals surface area contributed by atoms with Gasteiger partial charge in [0.05, 0.1) is 0 Å². The van der Waals surface area contributed by atoms with Gasteiger partial charge in [-0.05, 0) is 48.9 Å². The van der Waals surface area contributed by atoms with Crippen LogP contribution < -0.4 is 10.2 Å². The third kappa shape index (κ3) is 4.81. The molecule has 0 heterocycles. The molecule has 6 heteroatoms. The molecular weight excluding hydrogens is 380 g/mol. The number of rotatable bonds is 4. The Morgan fingerprint density at radius 2 is 1.83 bits per heavy atom. The van der Waals surface area contributed by atoms with Crippen LogP contribution in [0.4, 0.5) is 11.4 Å². The molecule has 1 N–H and O–H groups in total. The zero-order valence-corrected chi connectivity index (χ0v) is 15.1. The Morgan fingerprint density at radius 3 is 2.43 bits per heavy atom. The van der Waals surface area contributed by atoms with E-state index in [1.807, 2.05) is 25.1 Å². The Labute approximate surface area is 148 Å². The van der Waals surface area contributed by atoms with Gasteiger partial charge in [-0.3, -0.25) is 9.59 Å². The van der Waals surface area contributed by atoms with Crippen LogP contribution in [0.1, 0.15) is 12.5 Å². The summed E-state index contributed by atoms with van der Waals surface area (Å²) in [6, 6.07) is 12.5. The van der Waals surface area contributed by atoms with Crippen LogP contribution in [-0.4, -0.2) is 18.4 Å². The van der Waals surface area contributed by atoms with E-state index in [0.29, 0.717) is 16.4 Å². The SMILES string of the molecule is CC(=O)N(CC(=O)Nc1ccc(Br)cc1)c1cc(Cl)ccc1C. The molecule has 2 amide bonds. The van der Waals surface area contributed by atoms with Crippen LogP contribution in [0, 0.1) is 6.92 Å². The first-order valence-corrected chi connectivity index (χ1v) is 8.13. The Morgan fingerprint density at radius 1 is 1.17 bits per heavy atom. The van der Waals surface area contributed by atoms with Gasteiger partial charge in [-0.1, -0.05) is 33.6 Å². The first-order valence-electron chi connectivity index (χ1n) is 6.96. The number of anilines is 2. The van der Waals surface area contributed by atoms with Gasteiger partial charge in [-0.2, -0.15) is 0 Å². The largest absolute Gasteiger partial charge is 0.325 e. The van der Waals surface area contributed by atoms with Gasteiger partial charge in [-0.25, -0.2) is 0 Å². The summed E-state index contributed by atoms with van der Waals surface area (Å²) in [5, 5.41) is 3.29. The second-order valence-corrected chi connectivity index (χ2v) is 6.44. The van der Waals surface area contributed by atoms with Gasteiger partial charge in [0, 0.05) is 27.8 Å². The first kappa shape index (κ1) is 17.5. The lowest BCUT2D eigenvalue weighted by Crippen LogP contribution is -2.37. The molecule has 2 rings (SSSR count). The summed E-state index contributed by atoms with van der Waals surface area (Å²) in [7, 11) is 0. The van der Waals surface area contributed by atoms with Crippen molar-refractivity contribution in [3.8, 4) is 0 Å². The quantitative estimate of drug-likeness (QED) is 0.834. The van der Waals surface area contributed by atoms with Crippen molar-refractivity contribution in [2.45, 2.75) is 13.8 Å². The average Bonchev–Trinajstić information content (AvgIpc) is 2.49. The van der Waals surface area contributed by atoms with E-state index in [9.17, 15) is 9.59 Å². The second-order valence-electron chi connectivity index (χ2n) is 5.09. The fourth-order valence-electron chi connectivity index (χ4n) is 2.12. The Kier molecular flexibility index (Phi) is 5.80. The van der Waals surface area contributed by atoms with E-state index in [1.165, 1.54) is 11.8 Å². The summed E-state index contributed by atoms with van der Waals surface area (Å²) in [5.74, 6) is -0.497. The molecule has 0 radical (unpaired) electrons. The average molecular weight is 396 g/mol. The van der Waals surface area contributed by atoms with Gasteiger partial charge in [0.2, 0.25) is 11.8 Å². The molecule has 2 aromatic carbocycles. The summed E-state index contributed by atoms with van der Waals surface area (Å²) in [5.41, 5.74) is 2.18. The van der Waals surface area contributed by atoms with Crippen LogP contribution in [0.2, 0.25) is 5.02 Å². The summed E-state index contributed by atoms with van der Waals surface area (Å²) >= 11 is 9.34. The van der Waals surface area contributed by atoms with E-state index in [-0.39, 0.29) is 18.4 Å². The number of nitrogens with one attached hydrogen (secondary N) is 1. The number of halogens is 2. The minimum atomic E-state index is -0.276. The van der Waals surface area contributed by atoms with Crippen LogP contribution in [0.15, 0.2) is 46.9 Å². The molecule has 0 unspecified atom stereocenters. The van der Waals surface area contributed by atoms with Gasteiger partial charge in [0.1, 0.15) is 6.54 Å². The molecule has 120 valence electrons. The summed E-state index contributed by atoms with van der Waals surface area (Å²) < 4.78 is 0.926. The highest BCUT2D eigenvalue weighted by atomic mass is 79.9. The molecule has 0 saturated carbocycles. The topological polar surface area (TPSA) is 49.4 Å². The van der Waals surface area contributed by atoms with Gasteiger partial charge < -0.3 is 10.2 Å². The minimum absolute atomic E-state index is 0.0768. The number of hydrogen-bond donors (Lipinski definition) is 1. The summed E-state index contributed by atoms with van der Waals surface area (Å²) in [4.78, 5) is 25.6. The number of benzene rings is 2. The van der Waals surface area contributed by atoms with Crippen LogP contribution in [0.25, 0.3) is 0 Å². The summed E-state index contributed by atoms with van der Waals surface area (Å²) in [6.07, 6.45) is 0. The molecule has 4 nitrogen and oxygen atoms in total.